The number of hydrogen-bond donors (Lipinski definition) is 1. The van der Waals surface area contributed by atoms with Crippen LogP contribution in [0.5, 0.6) is 0 Å². The Morgan fingerprint density at radius 2 is 1.27 bits per heavy atom. The molecule has 0 atom stereocenters. The fourth-order valence-corrected chi connectivity index (χ4v) is 5.80. The van der Waals surface area contributed by atoms with Crippen LogP contribution in [0, 0.1) is 0 Å². The van der Waals surface area contributed by atoms with Gasteiger partial charge in [-0.15, -0.1) is 0 Å². The molecule has 3 aromatic rings. The highest BCUT2D eigenvalue weighted by molar-refractivity contribution is 5.80. The first kappa shape index (κ1) is 22.8. The largest absolute Gasteiger partial charge is 0.366 e. The maximum atomic E-state index is 4.47. The Hall–Kier alpha value is -4.62. The first-order valence-electron chi connectivity index (χ1n) is 12.7. The van der Waals surface area contributed by atoms with E-state index < -0.39 is 5.41 Å². The summed E-state index contributed by atoms with van der Waals surface area (Å²) < 4.78 is 0. The standard InChI is InChI=1S/C36H29N/c1-26-21-22-29(28-13-6-3-7-14-28)24-37-25-33-32-19-12-20-34(32)36(35(33)23-27(26)2,30-15-8-4-9-16-30)31-17-10-5-11-18-31/h3-19,21-25,37H,1-2,20H2/b22-21-,29-24+,33-25-,35-23+. The molecule has 0 fully saturated rings. The lowest BCUT2D eigenvalue weighted by Crippen LogP contribution is -2.30. The van der Waals surface area contributed by atoms with Crippen molar-refractivity contribution in [1.29, 1.82) is 0 Å². The average Bonchev–Trinajstić information content (AvgIpc) is 3.52. The van der Waals surface area contributed by atoms with E-state index in [4.69, 9.17) is 0 Å². The van der Waals surface area contributed by atoms with E-state index >= 15 is 0 Å². The van der Waals surface area contributed by atoms with Crippen molar-refractivity contribution in [2.45, 2.75) is 11.8 Å². The maximum absolute atomic E-state index is 4.47. The van der Waals surface area contributed by atoms with E-state index in [1.165, 1.54) is 33.4 Å². The monoisotopic (exact) mass is 475 g/mol. The minimum atomic E-state index is -0.415. The van der Waals surface area contributed by atoms with Crippen LogP contribution in [-0.2, 0) is 5.41 Å². The molecule has 1 N–H and O–H groups in total. The number of allylic oxidation sites excluding steroid dienone is 12. The zero-order valence-corrected chi connectivity index (χ0v) is 20.8. The van der Waals surface area contributed by atoms with Crippen molar-refractivity contribution in [2.75, 3.05) is 0 Å². The van der Waals surface area contributed by atoms with Gasteiger partial charge in [0.15, 0.2) is 0 Å². The number of fused-ring (bicyclic) bond motifs is 2. The molecule has 0 unspecified atom stereocenters. The third-order valence-electron chi connectivity index (χ3n) is 7.55. The summed E-state index contributed by atoms with van der Waals surface area (Å²) in [6.07, 6.45) is 16.1. The SMILES string of the molecule is C=C1/C=C\C(c2ccccc2)=C/N/C=C2/C3=C(CC=C3)C(c3ccccc3)(c3ccccc3)/C2=C/C1=C. The molecule has 0 amide bonds. The number of benzene rings is 3. The van der Waals surface area contributed by atoms with E-state index in [1.807, 2.05) is 6.07 Å². The van der Waals surface area contributed by atoms with Crippen molar-refractivity contribution in [3.05, 3.63) is 197 Å². The van der Waals surface area contributed by atoms with Gasteiger partial charge in [0, 0.05) is 18.0 Å². The predicted molar refractivity (Wildman–Crippen MR) is 156 cm³/mol. The van der Waals surface area contributed by atoms with Crippen molar-refractivity contribution >= 4 is 5.57 Å². The van der Waals surface area contributed by atoms with Crippen molar-refractivity contribution in [3.8, 4) is 0 Å². The molecule has 1 aliphatic heterocycles. The van der Waals surface area contributed by atoms with Crippen molar-refractivity contribution in [1.82, 2.24) is 5.32 Å². The summed E-state index contributed by atoms with van der Waals surface area (Å²) in [7, 11) is 0. The van der Waals surface area contributed by atoms with Crippen LogP contribution in [0.2, 0.25) is 0 Å². The fourth-order valence-electron chi connectivity index (χ4n) is 5.80. The summed E-state index contributed by atoms with van der Waals surface area (Å²) in [5.74, 6) is 0. The van der Waals surface area contributed by atoms with Crippen LogP contribution in [-0.4, -0.2) is 0 Å². The molecule has 1 heteroatoms. The molecule has 3 aliphatic rings. The molecule has 0 bridgehead atoms. The maximum Gasteiger partial charge on any atom is 0.0680 e. The Morgan fingerprint density at radius 1 is 0.649 bits per heavy atom. The molecular weight excluding hydrogens is 446 g/mol. The predicted octanol–water partition coefficient (Wildman–Crippen LogP) is 8.37. The zero-order chi connectivity index (χ0) is 25.2. The highest BCUT2D eigenvalue weighted by Gasteiger charge is 2.49. The van der Waals surface area contributed by atoms with E-state index in [-0.39, 0.29) is 0 Å². The molecule has 178 valence electrons. The van der Waals surface area contributed by atoms with Crippen molar-refractivity contribution < 1.29 is 0 Å². The second-order valence-electron chi connectivity index (χ2n) is 9.61. The Kier molecular flexibility index (Phi) is 5.82. The molecule has 0 saturated carbocycles. The number of nitrogens with one attached hydrogen (secondary N) is 1. The second kappa shape index (κ2) is 9.44. The molecular formula is C36H29N. The summed E-state index contributed by atoms with van der Waals surface area (Å²) in [4.78, 5) is 0. The molecule has 0 aromatic heterocycles. The lowest BCUT2D eigenvalue weighted by atomic mass is 9.65. The van der Waals surface area contributed by atoms with Gasteiger partial charge in [-0.05, 0) is 62.6 Å². The van der Waals surface area contributed by atoms with Gasteiger partial charge in [0.05, 0.1) is 5.41 Å². The third kappa shape index (κ3) is 3.80. The Morgan fingerprint density at radius 3 is 1.92 bits per heavy atom. The molecule has 0 saturated heterocycles. The molecule has 1 nitrogen and oxygen atoms in total. The first-order valence-corrected chi connectivity index (χ1v) is 12.7. The molecule has 3 aromatic carbocycles. The summed E-state index contributed by atoms with van der Waals surface area (Å²) >= 11 is 0. The van der Waals surface area contributed by atoms with Gasteiger partial charge in [-0.3, -0.25) is 0 Å². The topological polar surface area (TPSA) is 12.0 Å². The second-order valence-corrected chi connectivity index (χ2v) is 9.61. The Bertz CT molecular complexity index is 1520. The third-order valence-corrected chi connectivity index (χ3v) is 7.55. The van der Waals surface area contributed by atoms with Gasteiger partial charge in [-0.1, -0.05) is 128 Å². The molecule has 0 spiro atoms. The lowest BCUT2D eigenvalue weighted by Gasteiger charge is -2.36. The van der Waals surface area contributed by atoms with Gasteiger partial charge in [0.25, 0.3) is 0 Å². The lowest BCUT2D eigenvalue weighted by molar-refractivity contribution is 0.723. The van der Waals surface area contributed by atoms with Crippen LogP contribution in [0.3, 0.4) is 0 Å². The highest BCUT2D eigenvalue weighted by atomic mass is 14.8. The first-order chi connectivity index (χ1) is 18.2. The van der Waals surface area contributed by atoms with E-state index in [9.17, 15) is 0 Å². The smallest absolute Gasteiger partial charge is 0.0680 e. The minimum Gasteiger partial charge on any atom is -0.366 e. The van der Waals surface area contributed by atoms with Crippen LogP contribution in [0.25, 0.3) is 5.57 Å². The van der Waals surface area contributed by atoms with Crippen molar-refractivity contribution in [2.24, 2.45) is 0 Å². The molecule has 2 aliphatic carbocycles. The van der Waals surface area contributed by atoms with Crippen LogP contribution in [0.4, 0.5) is 0 Å². The summed E-state index contributed by atoms with van der Waals surface area (Å²) in [5.41, 5.74) is 11.2. The van der Waals surface area contributed by atoms with Gasteiger partial charge < -0.3 is 5.32 Å². The van der Waals surface area contributed by atoms with Crippen LogP contribution >= 0.6 is 0 Å². The number of hydrogen-bond acceptors (Lipinski definition) is 1. The normalized spacial score (nSPS) is 23.4. The number of rotatable bonds is 3. The molecule has 37 heavy (non-hydrogen) atoms. The Labute approximate surface area is 219 Å². The summed E-state index contributed by atoms with van der Waals surface area (Å²) in [6, 6.07) is 32.2. The van der Waals surface area contributed by atoms with Crippen LogP contribution in [0.1, 0.15) is 23.1 Å². The summed E-state index contributed by atoms with van der Waals surface area (Å²) in [5, 5.41) is 3.54. The Balaban J connectivity index is 1.62. The van der Waals surface area contributed by atoms with E-state index in [1.54, 1.807) is 0 Å². The van der Waals surface area contributed by atoms with E-state index in [0.717, 1.165) is 28.7 Å². The van der Waals surface area contributed by atoms with Crippen LogP contribution < -0.4 is 5.32 Å². The summed E-state index contributed by atoms with van der Waals surface area (Å²) in [6.45, 7) is 8.86. The van der Waals surface area contributed by atoms with Gasteiger partial charge in [-0.2, -0.15) is 0 Å². The zero-order valence-electron chi connectivity index (χ0n) is 20.8. The van der Waals surface area contributed by atoms with Crippen LogP contribution in [0.15, 0.2) is 180 Å². The highest BCUT2D eigenvalue weighted by Crippen LogP contribution is 2.59. The van der Waals surface area contributed by atoms with Gasteiger partial charge in [0.1, 0.15) is 0 Å². The van der Waals surface area contributed by atoms with Gasteiger partial charge >= 0.3 is 0 Å². The molecule has 0 radical (unpaired) electrons. The quantitative estimate of drug-likeness (QED) is 0.401. The van der Waals surface area contributed by atoms with Gasteiger partial charge in [-0.25, -0.2) is 0 Å². The van der Waals surface area contributed by atoms with E-state index in [2.05, 4.69) is 146 Å². The van der Waals surface area contributed by atoms with Gasteiger partial charge in [0.2, 0.25) is 0 Å². The van der Waals surface area contributed by atoms with Crippen molar-refractivity contribution in [3.63, 3.8) is 0 Å². The molecule has 1 heterocycles. The average molecular weight is 476 g/mol. The fraction of sp³-hybridized carbons (Fsp3) is 0.0556. The molecule has 6 rings (SSSR count). The van der Waals surface area contributed by atoms with E-state index in [0.29, 0.717) is 0 Å². The minimum absolute atomic E-state index is 0.415.